The van der Waals surface area contributed by atoms with Crippen molar-refractivity contribution in [3.05, 3.63) is 71.8 Å². The van der Waals surface area contributed by atoms with Crippen LogP contribution in [0.25, 0.3) is 17.5 Å². The molecule has 0 atom stereocenters. The minimum absolute atomic E-state index is 0.0771. The van der Waals surface area contributed by atoms with Gasteiger partial charge in [0, 0.05) is 11.6 Å². The summed E-state index contributed by atoms with van der Waals surface area (Å²) in [6.45, 7) is 5.79. The van der Waals surface area contributed by atoms with E-state index in [2.05, 4.69) is 10.1 Å². The smallest absolute Gasteiger partial charge is 0.336 e. The van der Waals surface area contributed by atoms with Gasteiger partial charge in [-0.15, -0.1) is 5.10 Å². The third kappa shape index (κ3) is 4.25. The first kappa shape index (κ1) is 17.6. The molecule has 132 valence electrons. The van der Waals surface area contributed by atoms with Crippen molar-refractivity contribution in [2.75, 3.05) is 0 Å². The van der Waals surface area contributed by atoms with Crippen LogP contribution in [0.1, 0.15) is 29.8 Å². The van der Waals surface area contributed by atoms with E-state index in [1.807, 2.05) is 75.4 Å². The van der Waals surface area contributed by atoms with E-state index in [9.17, 15) is 4.79 Å². The van der Waals surface area contributed by atoms with E-state index in [1.54, 1.807) is 6.08 Å². The normalized spacial score (nSPS) is 11.2. The fourth-order valence-electron chi connectivity index (χ4n) is 2.40. The zero-order valence-electron chi connectivity index (χ0n) is 15.1. The number of benzene rings is 2. The molecule has 1 aromatic heterocycles. The van der Waals surface area contributed by atoms with E-state index >= 15 is 0 Å². The van der Waals surface area contributed by atoms with Gasteiger partial charge in [-0.2, -0.15) is 9.67 Å². The Morgan fingerprint density at radius 3 is 2.42 bits per heavy atom. The number of carbonyl (C=O) groups excluding carboxylic acids is 1. The predicted molar refractivity (Wildman–Crippen MR) is 102 cm³/mol. The van der Waals surface area contributed by atoms with Crippen LogP contribution < -0.4 is 4.74 Å². The molecule has 2 aromatic carbocycles. The highest BCUT2D eigenvalue weighted by atomic mass is 16.5. The summed E-state index contributed by atoms with van der Waals surface area (Å²) in [5.74, 6) is 0.180. The first-order valence-electron chi connectivity index (χ1n) is 8.51. The standard InChI is InChI=1S/C21H21N3O2/c1-15(2)26-21-22-20(18-12-9-16(3)10-13-18)24(23-21)19(25)14-11-17-7-5-4-6-8-17/h4-15H,1-3H3/b14-11+. The van der Waals surface area contributed by atoms with Gasteiger partial charge in [-0.05, 0) is 32.4 Å². The molecule has 0 N–H and O–H groups in total. The molecule has 5 nitrogen and oxygen atoms in total. The first-order valence-corrected chi connectivity index (χ1v) is 8.51. The number of hydrogen-bond donors (Lipinski definition) is 0. The molecular formula is C21H21N3O2. The van der Waals surface area contributed by atoms with E-state index in [0.717, 1.165) is 16.7 Å². The van der Waals surface area contributed by atoms with Gasteiger partial charge in [0.1, 0.15) is 0 Å². The molecule has 0 saturated carbocycles. The van der Waals surface area contributed by atoms with Crippen molar-refractivity contribution in [1.29, 1.82) is 0 Å². The molecular weight excluding hydrogens is 326 g/mol. The minimum Gasteiger partial charge on any atom is -0.460 e. The fourth-order valence-corrected chi connectivity index (χ4v) is 2.40. The summed E-state index contributed by atoms with van der Waals surface area (Å²) >= 11 is 0. The lowest BCUT2D eigenvalue weighted by molar-refractivity contribution is 0.0953. The van der Waals surface area contributed by atoms with Crippen LogP contribution in [0.2, 0.25) is 0 Å². The van der Waals surface area contributed by atoms with Gasteiger partial charge in [0.05, 0.1) is 6.10 Å². The van der Waals surface area contributed by atoms with Gasteiger partial charge in [0.25, 0.3) is 5.91 Å². The third-order valence-corrected chi connectivity index (χ3v) is 3.67. The van der Waals surface area contributed by atoms with Crippen LogP contribution in [0.4, 0.5) is 0 Å². The van der Waals surface area contributed by atoms with Gasteiger partial charge in [-0.1, -0.05) is 60.2 Å². The molecule has 0 aliphatic rings. The summed E-state index contributed by atoms with van der Waals surface area (Å²) in [7, 11) is 0. The second kappa shape index (κ2) is 7.78. The largest absolute Gasteiger partial charge is 0.460 e. The molecule has 5 heteroatoms. The van der Waals surface area contributed by atoms with Crippen LogP contribution in [0, 0.1) is 6.92 Å². The number of allylic oxidation sites excluding steroid dienone is 1. The maximum absolute atomic E-state index is 12.7. The van der Waals surface area contributed by atoms with E-state index in [1.165, 1.54) is 10.8 Å². The van der Waals surface area contributed by atoms with Crippen LogP contribution in [0.5, 0.6) is 6.01 Å². The number of aryl methyl sites for hydroxylation is 1. The number of carbonyl (C=O) groups is 1. The predicted octanol–water partition coefficient (Wildman–Crippen LogP) is 4.39. The van der Waals surface area contributed by atoms with E-state index in [0.29, 0.717) is 5.82 Å². The lowest BCUT2D eigenvalue weighted by Crippen LogP contribution is -2.12. The van der Waals surface area contributed by atoms with Gasteiger partial charge >= 0.3 is 6.01 Å². The number of hydrogen-bond acceptors (Lipinski definition) is 4. The van der Waals surface area contributed by atoms with Crippen molar-refractivity contribution in [3.63, 3.8) is 0 Å². The summed E-state index contributed by atoms with van der Waals surface area (Å²) in [5, 5.41) is 4.24. The average molecular weight is 347 g/mol. The van der Waals surface area contributed by atoms with Crippen molar-refractivity contribution in [2.24, 2.45) is 0 Å². The zero-order chi connectivity index (χ0) is 18.5. The molecule has 1 heterocycles. The molecule has 0 bridgehead atoms. The van der Waals surface area contributed by atoms with Crippen molar-refractivity contribution in [3.8, 4) is 17.4 Å². The van der Waals surface area contributed by atoms with Crippen LogP contribution in [0.15, 0.2) is 60.7 Å². The molecule has 3 aromatic rings. The zero-order valence-corrected chi connectivity index (χ0v) is 15.1. The van der Waals surface area contributed by atoms with Gasteiger partial charge in [0.2, 0.25) is 0 Å². The number of aromatic nitrogens is 3. The molecule has 3 rings (SSSR count). The van der Waals surface area contributed by atoms with Gasteiger partial charge in [0.15, 0.2) is 5.82 Å². The quantitative estimate of drug-likeness (QED) is 0.642. The molecule has 0 radical (unpaired) electrons. The Balaban J connectivity index is 1.95. The molecule has 0 fully saturated rings. The maximum Gasteiger partial charge on any atom is 0.336 e. The lowest BCUT2D eigenvalue weighted by atomic mass is 10.1. The second-order valence-corrected chi connectivity index (χ2v) is 6.24. The molecule has 0 amide bonds. The Morgan fingerprint density at radius 2 is 1.77 bits per heavy atom. The highest BCUT2D eigenvalue weighted by molar-refractivity contribution is 5.95. The Labute approximate surface area is 153 Å². The topological polar surface area (TPSA) is 57.0 Å². The average Bonchev–Trinajstić information content (AvgIpc) is 3.04. The van der Waals surface area contributed by atoms with Crippen LogP contribution in [-0.2, 0) is 0 Å². The highest BCUT2D eigenvalue weighted by Gasteiger charge is 2.17. The molecule has 26 heavy (non-hydrogen) atoms. The maximum atomic E-state index is 12.7. The van der Waals surface area contributed by atoms with Crippen molar-refractivity contribution < 1.29 is 9.53 Å². The van der Waals surface area contributed by atoms with Crippen molar-refractivity contribution in [2.45, 2.75) is 26.9 Å². The van der Waals surface area contributed by atoms with Crippen LogP contribution in [-0.4, -0.2) is 26.8 Å². The third-order valence-electron chi connectivity index (χ3n) is 3.67. The van der Waals surface area contributed by atoms with Crippen LogP contribution >= 0.6 is 0 Å². The van der Waals surface area contributed by atoms with E-state index in [-0.39, 0.29) is 18.0 Å². The van der Waals surface area contributed by atoms with Crippen molar-refractivity contribution in [1.82, 2.24) is 14.8 Å². The SMILES string of the molecule is Cc1ccc(-c2nc(OC(C)C)nn2C(=O)/C=C/c2ccccc2)cc1. The van der Waals surface area contributed by atoms with Gasteiger partial charge in [-0.3, -0.25) is 4.79 Å². The number of rotatable bonds is 5. The van der Waals surface area contributed by atoms with Crippen LogP contribution in [0.3, 0.4) is 0 Å². The highest BCUT2D eigenvalue weighted by Crippen LogP contribution is 2.21. The Hall–Kier alpha value is -3.21. The monoisotopic (exact) mass is 347 g/mol. The molecule has 0 spiro atoms. The van der Waals surface area contributed by atoms with E-state index < -0.39 is 0 Å². The van der Waals surface area contributed by atoms with Crippen molar-refractivity contribution >= 4 is 12.0 Å². The van der Waals surface area contributed by atoms with Gasteiger partial charge in [-0.25, -0.2) is 0 Å². The van der Waals surface area contributed by atoms with Gasteiger partial charge < -0.3 is 4.74 Å². The Morgan fingerprint density at radius 1 is 1.08 bits per heavy atom. The summed E-state index contributed by atoms with van der Waals surface area (Å²) < 4.78 is 6.85. The fraction of sp³-hybridized carbons (Fsp3) is 0.190. The summed E-state index contributed by atoms with van der Waals surface area (Å²) in [5.41, 5.74) is 2.88. The summed E-state index contributed by atoms with van der Waals surface area (Å²) in [6, 6.07) is 17.6. The van der Waals surface area contributed by atoms with E-state index in [4.69, 9.17) is 4.74 Å². The molecule has 0 saturated heterocycles. The Kier molecular flexibility index (Phi) is 5.27. The first-order chi connectivity index (χ1) is 12.5. The minimum atomic E-state index is -0.282. The number of ether oxygens (including phenoxy) is 1. The molecule has 0 unspecified atom stereocenters. The molecule has 0 aliphatic heterocycles. The second-order valence-electron chi connectivity index (χ2n) is 6.24. The number of nitrogens with zero attached hydrogens (tertiary/aromatic N) is 3. The molecule has 0 aliphatic carbocycles. The lowest BCUT2D eigenvalue weighted by Gasteiger charge is -2.02. The summed E-state index contributed by atoms with van der Waals surface area (Å²) in [4.78, 5) is 17.1. The Bertz CT molecular complexity index is 910. The summed E-state index contributed by atoms with van der Waals surface area (Å²) in [6.07, 6.45) is 3.17.